The Kier molecular flexibility index (Phi) is 5.14. The van der Waals surface area contributed by atoms with Crippen molar-refractivity contribution in [1.29, 1.82) is 5.26 Å². The predicted molar refractivity (Wildman–Crippen MR) is 92.5 cm³/mol. The van der Waals surface area contributed by atoms with E-state index >= 15 is 0 Å². The third-order valence-electron chi connectivity index (χ3n) is 3.87. The van der Waals surface area contributed by atoms with E-state index in [0.717, 1.165) is 31.5 Å². The van der Waals surface area contributed by atoms with Crippen LogP contribution in [0.5, 0.6) is 11.6 Å². The van der Waals surface area contributed by atoms with Crippen molar-refractivity contribution in [2.75, 3.05) is 18.4 Å². The molecule has 0 saturated carbocycles. The second kappa shape index (κ2) is 7.47. The molecule has 2 aromatic rings. The van der Waals surface area contributed by atoms with Crippen molar-refractivity contribution < 1.29 is 4.74 Å². The Morgan fingerprint density at radius 3 is 2.88 bits per heavy atom. The minimum atomic E-state index is 0.363. The normalized spacial score (nSPS) is 14.9. The molecule has 0 unspecified atom stereocenters. The molecule has 1 aliphatic rings. The van der Waals surface area contributed by atoms with Gasteiger partial charge in [0, 0.05) is 18.3 Å². The first kappa shape index (κ1) is 16.5. The molecule has 1 saturated heterocycles. The van der Waals surface area contributed by atoms with Crippen molar-refractivity contribution in [3.05, 3.63) is 40.5 Å². The van der Waals surface area contributed by atoms with E-state index in [0.29, 0.717) is 34.2 Å². The number of nitrogens with zero attached hydrogens (tertiary/aromatic N) is 3. The Morgan fingerprint density at radius 1 is 1.38 bits per heavy atom. The highest BCUT2D eigenvalue weighted by Crippen LogP contribution is 2.33. The summed E-state index contributed by atoms with van der Waals surface area (Å²) in [5.41, 5.74) is 1.28. The van der Waals surface area contributed by atoms with Gasteiger partial charge in [-0.1, -0.05) is 11.6 Å². The Hall–Kier alpha value is -2.36. The Bertz CT molecular complexity index is 745. The van der Waals surface area contributed by atoms with E-state index in [-0.39, 0.29) is 0 Å². The second-order valence-corrected chi connectivity index (χ2v) is 6.11. The van der Waals surface area contributed by atoms with Crippen molar-refractivity contribution in [3.8, 4) is 17.7 Å². The number of halogens is 1. The number of nitrogens with one attached hydrogen (secondary N) is 2. The summed E-state index contributed by atoms with van der Waals surface area (Å²) in [4.78, 5) is 8.65. The van der Waals surface area contributed by atoms with Crippen LogP contribution in [0.15, 0.2) is 24.4 Å². The zero-order chi connectivity index (χ0) is 16.9. The second-order valence-electron chi connectivity index (χ2n) is 5.71. The molecular weight excluding hydrogens is 326 g/mol. The van der Waals surface area contributed by atoms with Crippen LogP contribution in [0, 0.1) is 18.3 Å². The Balaban J connectivity index is 1.76. The topological polar surface area (TPSA) is 82.9 Å². The Morgan fingerprint density at radius 2 is 2.17 bits per heavy atom. The molecule has 7 heteroatoms. The number of benzene rings is 1. The number of aromatic nitrogens is 2. The van der Waals surface area contributed by atoms with Crippen LogP contribution in [0.1, 0.15) is 24.0 Å². The van der Waals surface area contributed by atoms with Crippen LogP contribution < -0.4 is 15.4 Å². The third kappa shape index (κ3) is 3.94. The lowest BCUT2D eigenvalue weighted by atomic mass is 10.1. The number of hydrogen-bond acceptors (Lipinski definition) is 6. The fraction of sp³-hybridized carbons (Fsp3) is 0.353. The summed E-state index contributed by atoms with van der Waals surface area (Å²) in [6.07, 6.45) is 3.72. The summed E-state index contributed by atoms with van der Waals surface area (Å²) < 4.78 is 5.82. The third-order valence-corrected chi connectivity index (χ3v) is 4.15. The SMILES string of the molecule is Cc1cc(C#N)cc(Cl)c1Oc1ccnc(NC2CCNCC2)n1. The fourth-order valence-electron chi connectivity index (χ4n) is 2.65. The molecule has 2 N–H and O–H groups in total. The molecule has 3 rings (SSSR count). The molecule has 1 fully saturated rings. The summed E-state index contributed by atoms with van der Waals surface area (Å²) in [6.45, 7) is 3.83. The van der Waals surface area contributed by atoms with Crippen LogP contribution in [0.3, 0.4) is 0 Å². The lowest BCUT2D eigenvalue weighted by Gasteiger charge is -2.23. The largest absolute Gasteiger partial charge is 0.437 e. The smallest absolute Gasteiger partial charge is 0.226 e. The molecule has 6 nitrogen and oxygen atoms in total. The number of ether oxygens (including phenoxy) is 1. The zero-order valence-corrected chi connectivity index (χ0v) is 14.1. The van der Waals surface area contributed by atoms with Crippen LogP contribution >= 0.6 is 11.6 Å². The minimum absolute atomic E-state index is 0.363. The van der Waals surface area contributed by atoms with Gasteiger partial charge in [0.25, 0.3) is 0 Å². The summed E-state index contributed by atoms with van der Waals surface area (Å²) in [7, 11) is 0. The first-order valence-electron chi connectivity index (χ1n) is 7.84. The van der Waals surface area contributed by atoms with Crippen molar-refractivity contribution in [3.63, 3.8) is 0 Å². The van der Waals surface area contributed by atoms with E-state index in [1.807, 2.05) is 6.92 Å². The van der Waals surface area contributed by atoms with Gasteiger partial charge in [0.2, 0.25) is 11.8 Å². The van der Waals surface area contributed by atoms with E-state index in [2.05, 4.69) is 26.7 Å². The molecule has 0 bridgehead atoms. The number of anilines is 1. The standard InChI is InChI=1S/C17H18ClN5O/c1-11-8-12(10-19)9-14(18)16(11)24-15-4-7-21-17(23-15)22-13-2-5-20-6-3-13/h4,7-9,13,20H,2-3,5-6H2,1H3,(H,21,22,23). The molecule has 24 heavy (non-hydrogen) atoms. The van der Waals surface area contributed by atoms with Gasteiger partial charge in [0.1, 0.15) is 0 Å². The van der Waals surface area contributed by atoms with Crippen LogP contribution in [0.4, 0.5) is 5.95 Å². The van der Waals surface area contributed by atoms with Gasteiger partial charge in [0.05, 0.1) is 16.7 Å². The first-order chi connectivity index (χ1) is 11.7. The van der Waals surface area contributed by atoms with Gasteiger partial charge in [0.15, 0.2) is 5.75 Å². The summed E-state index contributed by atoms with van der Waals surface area (Å²) in [5.74, 6) is 1.46. The van der Waals surface area contributed by atoms with E-state index in [9.17, 15) is 0 Å². The van der Waals surface area contributed by atoms with Crippen LogP contribution in [-0.2, 0) is 0 Å². The zero-order valence-electron chi connectivity index (χ0n) is 13.3. The summed E-state index contributed by atoms with van der Waals surface area (Å²) in [5, 5.41) is 16.0. The molecule has 1 aliphatic heterocycles. The van der Waals surface area contributed by atoms with Gasteiger partial charge in [-0.15, -0.1) is 0 Å². The molecule has 1 aromatic carbocycles. The van der Waals surface area contributed by atoms with E-state index in [1.165, 1.54) is 0 Å². The van der Waals surface area contributed by atoms with Crippen molar-refractivity contribution in [1.82, 2.24) is 15.3 Å². The van der Waals surface area contributed by atoms with Gasteiger partial charge in [-0.25, -0.2) is 4.98 Å². The predicted octanol–water partition coefficient (Wildman–Crippen LogP) is 3.27. The molecule has 124 valence electrons. The van der Waals surface area contributed by atoms with Gasteiger partial charge in [-0.05, 0) is 50.6 Å². The van der Waals surface area contributed by atoms with Gasteiger partial charge < -0.3 is 15.4 Å². The van der Waals surface area contributed by atoms with Crippen molar-refractivity contribution in [2.45, 2.75) is 25.8 Å². The highest BCUT2D eigenvalue weighted by Gasteiger charge is 2.15. The molecule has 0 atom stereocenters. The van der Waals surface area contributed by atoms with Crippen LogP contribution in [0.2, 0.25) is 5.02 Å². The molecule has 0 amide bonds. The highest BCUT2D eigenvalue weighted by molar-refractivity contribution is 6.32. The summed E-state index contributed by atoms with van der Waals surface area (Å²) in [6, 6.07) is 7.43. The minimum Gasteiger partial charge on any atom is -0.437 e. The quantitative estimate of drug-likeness (QED) is 0.886. The van der Waals surface area contributed by atoms with E-state index in [1.54, 1.807) is 24.4 Å². The van der Waals surface area contributed by atoms with Gasteiger partial charge in [-0.3, -0.25) is 0 Å². The maximum atomic E-state index is 8.98. The number of nitriles is 1. The average Bonchev–Trinajstić information content (AvgIpc) is 2.59. The highest BCUT2D eigenvalue weighted by atomic mass is 35.5. The lowest BCUT2D eigenvalue weighted by molar-refractivity contribution is 0.455. The number of piperidine rings is 1. The number of rotatable bonds is 4. The molecule has 0 radical (unpaired) electrons. The first-order valence-corrected chi connectivity index (χ1v) is 8.22. The number of aryl methyl sites for hydroxylation is 1. The maximum Gasteiger partial charge on any atom is 0.226 e. The monoisotopic (exact) mass is 343 g/mol. The van der Waals surface area contributed by atoms with Crippen molar-refractivity contribution in [2.24, 2.45) is 0 Å². The van der Waals surface area contributed by atoms with Gasteiger partial charge in [-0.2, -0.15) is 10.2 Å². The van der Waals surface area contributed by atoms with E-state index in [4.69, 9.17) is 21.6 Å². The van der Waals surface area contributed by atoms with Crippen molar-refractivity contribution >= 4 is 17.5 Å². The molecule has 0 spiro atoms. The van der Waals surface area contributed by atoms with Crippen LogP contribution in [-0.4, -0.2) is 29.1 Å². The average molecular weight is 344 g/mol. The maximum absolute atomic E-state index is 8.98. The molecular formula is C17H18ClN5O. The van der Waals surface area contributed by atoms with Gasteiger partial charge >= 0.3 is 0 Å². The summed E-state index contributed by atoms with van der Waals surface area (Å²) >= 11 is 6.22. The van der Waals surface area contributed by atoms with Crippen LogP contribution in [0.25, 0.3) is 0 Å². The molecule has 1 aromatic heterocycles. The lowest BCUT2D eigenvalue weighted by Crippen LogP contribution is -2.35. The fourth-order valence-corrected chi connectivity index (χ4v) is 2.95. The molecule has 0 aliphatic carbocycles. The number of hydrogen-bond donors (Lipinski definition) is 2. The molecule has 2 heterocycles. The van der Waals surface area contributed by atoms with E-state index < -0.39 is 0 Å². The Labute approximate surface area is 145 Å².